The largest absolute Gasteiger partial charge is 0.355 e. The molecule has 4 heterocycles. The van der Waals surface area contributed by atoms with Gasteiger partial charge in [-0.25, -0.2) is 4.98 Å². The Morgan fingerprint density at radius 3 is 2.88 bits per heavy atom. The number of hydrogen-bond donors (Lipinski definition) is 0. The van der Waals surface area contributed by atoms with Crippen LogP contribution in [0.25, 0.3) is 0 Å². The first-order valence-corrected chi connectivity index (χ1v) is 8.78. The average molecular weight is 341 g/mol. The fourth-order valence-electron chi connectivity index (χ4n) is 4.32. The standard InChI is InChI=1S/C17H23N7O/c1-12-3-4-17(21-20-12)22-6-5-16-14(8-22)7-15(24(16)13(2)25)9-23-11-18-10-19-23/h3-4,10-11,14-16H,5-9H2,1-2H3/t14-,15+,16+/m1/s1. The molecule has 2 aromatic heterocycles. The lowest BCUT2D eigenvalue weighted by Crippen LogP contribution is -2.49. The second-order valence-electron chi connectivity index (χ2n) is 7.03. The first kappa shape index (κ1) is 16.0. The number of hydrogen-bond acceptors (Lipinski definition) is 6. The van der Waals surface area contributed by atoms with E-state index in [-0.39, 0.29) is 11.9 Å². The van der Waals surface area contributed by atoms with Crippen molar-refractivity contribution in [2.24, 2.45) is 5.92 Å². The Balaban J connectivity index is 1.50. The number of fused-ring (bicyclic) bond motifs is 1. The fraction of sp³-hybridized carbons (Fsp3) is 0.588. The number of aromatic nitrogens is 5. The lowest BCUT2D eigenvalue weighted by atomic mass is 9.92. The van der Waals surface area contributed by atoms with Crippen LogP contribution in [-0.2, 0) is 11.3 Å². The Labute approximate surface area is 146 Å². The summed E-state index contributed by atoms with van der Waals surface area (Å²) < 4.78 is 1.82. The summed E-state index contributed by atoms with van der Waals surface area (Å²) in [6, 6.07) is 4.52. The zero-order valence-corrected chi connectivity index (χ0v) is 14.6. The van der Waals surface area contributed by atoms with E-state index in [1.165, 1.54) is 6.33 Å². The summed E-state index contributed by atoms with van der Waals surface area (Å²) in [5.74, 6) is 1.54. The maximum Gasteiger partial charge on any atom is 0.220 e. The Hall–Kier alpha value is -2.51. The highest BCUT2D eigenvalue weighted by Gasteiger charge is 2.45. The topological polar surface area (TPSA) is 80.0 Å². The molecular formula is C17H23N7O. The second-order valence-corrected chi connectivity index (χ2v) is 7.03. The van der Waals surface area contributed by atoms with Gasteiger partial charge in [-0.1, -0.05) is 0 Å². The molecule has 2 aliphatic rings. The van der Waals surface area contributed by atoms with Gasteiger partial charge in [0.1, 0.15) is 12.7 Å². The quantitative estimate of drug-likeness (QED) is 0.825. The van der Waals surface area contributed by atoms with Crippen LogP contribution in [0.2, 0.25) is 0 Å². The number of carbonyl (C=O) groups is 1. The maximum atomic E-state index is 12.3. The van der Waals surface area contributed by atoms with Gasteiger partial charge in [-0.15, -0.1) is 5.10 Å². The van der Waals surface area contributed by atoms with Gasteiger partial charge in [-0.05, 0) is 37.8 Å². The van der Waals surface area contributed by atoms with Crippen LogP contribution in [0.5, 0.6) is 0 Å². The van der Waals surface area contributed by atoms with E-state index in [0.717, 1.165) is 37.4 Å². The van der Waals surface area contributed by atoms with E-state index in [2.05, 4.69) is 30.1 Å². The molecule has 0 unspecified atom stereocenters. The van der Waals surface area contributed by atoms with E-state index < -0.39 is 0 Å². The summed E-state index contributed by atoms with van der Waals surface area (Å²) in [4.78, 5) is 20.7. The van der Waals surface area contributed by atoms with Crippen LogP contribution < -0.4 is 4.90 Å². The van der Waals surface area contributed by atoms with E-state index in [4.69, 9.17) is 0 Å². The van der Waals surface area contributed by atoms with Gasteiger partial charge in [0.15, 0.2) is 5.82 Å². The number of aryl methyl sites for hydroxylation is 1. The molecule has 0 spiro atoms. The molecule has 0 saturated carbocycles. The highest BCUT2D eigenvalue weighted by atomic mass is 16.2. The Morgan fingerprint density at radius 1 is 1.32 bits per heavy atom. The summed E-state index contributed by atoms with van der Waals surface area (Å²) >= 11 is 0. The predicted molar refractivity (Wildman–Crippen MR) is 91.8 cm³/mol. The Bertz CT molecular complexity index is 730. The molecule has 25 heavy (non-hydrogen) atoms. The molecule has 0 N–H and O–H groups in total. The third-order valence-corrected chi connectivity index (χ3v) is 5.36. The van der Waals surface area contributed by atoms with Gasteiger partial charge in [0.25, 0.3) is 0 Å². The smallest absolute Gasteiger partial charge is 0.220 e. The van der Waals surface area contributed by atoms with Gasteiger partial charge < -0.3 is 9.80 Å². The molecule has 2 fully saturated rings. The minimum atomic E-state index is 0.154. The maximum absolute atomic E-state index is 12.3. The molecule has 3 atom stereocenters. The number of amides is 1. The molecule has 0 bridgehead atoms. The normalized spacial score (nSPS) is 25.9. The van der Waals surface area contributed by atoms with Crippen LogP contribution in [-0.4, -0.2) is 60.9 Å². The van der Waals surface area contributed by atoms with Gasteiger partial charge in [0.05, 0.1) is 18.3 Å². The van der Waals surface area contributed by atoms with Crippen LogP contribution >= 0.6 is 0 Å². The molecule has 0 aliphatic carbocycles. The predicted octanol–water partition coefficient (Wildman–Crippen LogP) is 0.892. The molecule has 132 valence electrons. The SMILES string of the molecule is CC(=O)N1[C@H](Cn2cncn2)C[C@@H]2CN(c3ccc(C)nn3)CC[C@@H]21. The number of rotatable bonds is 3. The molecule has 1 amide bonds. The number of piperidine rings is 1. The van der Waals surface area contributed by atoms with Crippen LogP contribution in [0.15, 0.2) is 24.8 Å². The molecule has 8 nitrogen and oxygen atoms in total. The summed E-state index contributed by atoms with van der Waals surface area (Å²) in [7, 11) is 0. The van der Waals surface area contributed by atoms with Crippen LogP contribution in [0.4, 0.5) is 5.82 Å². The Morgan fingerprint density at radius 2 is 2.20 bits per heavy atom. The fourth-order valence-corrected chi connectivity index (χ4v) is 4.32. The third kappa shape index (κ3) is 3.08. The van der Waals surface area contributed by atoms with Crippen LogP contribution in [0, 0.1) is 12.8 Å². The van der Waals surface area contributed by atoms with Crippen molar-refractivity contribution < 1.29 is 4.79 Å². The van der Waals surface area contributed by atoms with Crippen molar-refractivity contribution in [3.05, 3.63) is 30.5 Å². The minimum absolute atomic E-state index is 0.154. The molecule has 0 aromatic carbocycles. The monoisotopic (exact) mass is 341 g/mol. The molecule has 4 rings (SSSR count). The van der Waals surface area contributed by atoms with Gasteiger partial charge in [-0.2, -0.15) is 10.2 Å². The van der Waals surface area contributed by atoms with Crippen molar-refractivity contribution in [2.75, 3.05) is 18.0 Å². The Kier molecular flexibility index (Phi) is 4.10. The summed E-state index contributed by atoms with van der Waals surface area (Å²) in [5, 5.41) is 12.7. The van der Waals surface area contributed by atoms with Gasteiger partial charge in [0, 0.05) is 26.1 Å². The zero-order chi connectivity index (χ0) is 17.4. The van der Waals surface area contributed by atoms with E-state index in [1.807, 2.05) is 23.7 Å². The second kappa shape index (κ2) is 6.42. The molecule has 8 heteroatoms. The minimum Gasteiger partial charge on any atom is -0.355 e. The highest BCUT2D eigenvalue weighted by Crippen LogP contribution is 2.37. The van der Waals surface area contributed by atoms with E-state index in [0.29, 0.717) is 18.5 Å². The molecule has 2 aliphatic heterocycles. The van der Waals surface area contributed by atoms with Gasteiger partial charge in [-0.3, -0.25) is 9.48 Å². The van der Waals surface area contributed by atoms with Crippen molar-refractivity contribution in [3.8, 4) is 0 Å². The molecular weight excluding hydrogens is 318 g/mol. The van der Waals surface area contributed by atoms with E-state index in [1.54, 1.807) is 13.3 Å². The molecule has 2 aromatic rings. The highest BCUT2D eigenvalue weighted by molar-refractivity contribution is 5.74. The van der Waals surface area contributed by atoms with Crippen molar-refractivity contribution in [3.63, 3.8) is 0 Å². The average Bonchev–Trinajstić information content (AvgIpc) is 3.22. The van der Waals surface area contributed by atoms with Crippen molar-refractivity contribution in [1.29, 1.82) is 0 Å². The van der Waals surface area contributed by atoms with Crippen LogP contribution in [0.1, 0.15) is 25.5 Å². The van der Waals surface area contributed by atoms with Gasteiger partial charge >= 0.3 is 0 Å². The van der Waals surface area contributed by atoms with Gasteiger partial charge in [0.2, 0.25) is 5.91 Å². The van der Waals surface area contributed by atoms with E-state index >= 15 is 0 Å². The number of anilines is 1. The molecule has 2 saturated heterocycles. The van der Waals surface area contributed by atoms with Crippen molar-refractivity contribution >= 4 is 11.7 Å². The van der Waals surface area contributed by atoms with E-state index in [9.17, 15) is 4.79 Å². The number of nitrogens with zero attached hydrogens (tertiary/aromatic N) is 7. The number of likely N-dealkylation sites (tertiary alicyclic amines) is 1. The van der Waals surface area contributed by atoms with Crippen LogP contribution in [0.3, 0.4) is 0 Å². The van der Waals surface area contributed by atoms with Crippen molar-refractivity contribution in [1.82, 2.24) is 29.9 Å². The lowest BCUT2D eigenvalue weighted by molar-refractivity contribution is -0.132. The first-order valence-electron chi connectivity index (χ1n) is 8.78. The summed E-state index contributed by atoms with van der Waals surface area (Å²) in [6.45, 7) is 6.14. The third-order valence-electron chi connectivity index (χ3n) is 5.36. The first-order chi connectivity index (χ1) is 12.1. The summed E-state index contributed by atoms with van der Waals surface area (Å²) in [6.07, 6.45) is 5.21. The zero-order valence-electron chi connectivity index (χ0n) is 14.6. The number of carbonyl (C=O) groups excluding carboxylic acids is 1. The lowest BCUT2D eigenvalue weighted by Gasteiger charge is -2.38. The summed E-state index contributed by atoms with van der Waals surface area (Å²) in [5.41, 5.74) is 0.926. The van der Waals surface area contributed by atoms with Crippen molar-refractivity contribution in [2.45, 2.75) is 45.3 Å². The molecule has 0 radical (unpaired) electrons.